The predicted molar refractivity (Wildman–Crippen MR) is 84.9 cm³/mol. The van der Waals surface area contributed by atoms with Crippen LogP contribution < -0.4 is 5.32 Å². The van der Waals surface area contributed by atoms with Gasteiger partial charge in [-0.05, 0) is 23.8 Å². The molecule has 0 aliphatic carbocycles. The molecule has 3 aromatic rings. The normalized spacial score (nSPS) is 10.7. The number of halogens is 2. The van der Waals surface area contributed by atoms with Crippen molar-refractivity contribution in [3.63, 3.8) is 0 Å². The maximum absolute atomic E-state index is 13.2. The van der Waals surface area contributed by atoms with E-state index in [0.29, 0.717) is 23.3 Å². The molecule has 0 aliphatic rings. The minimum absolute atomic E-state index is 0.0114. The quantitative estimate of drug-likeness (QED) is 0.578. The van der Waals surface area contributed by atoms with Crippen molar-refractivity contribution in [1.29, 1.82) is 0 Å². The van der Waals surface area contributed by atoms with Gasteiger partial charge in [-0.25, -0.2) is 14.4 Å². The summed E-state index contributed by atoms with van der Waals surface area (Å²) in [6.07, 6.45) is 1.33. The summed E-state index contributed by atoms with van der Waals surface area (Å²) in [5.74, 6) is 0.0818. The fourth-order valence-corrected chi connectivity index (χ4v) is 2.41. The Morgan fingerprint density at radius 1 is 1.26 bits per heavy atom. The van der Waals surface area contributed by atoms with Crippen LogP contribution in [0.5, 0.6) is 0 Å². The average Bonchev–Trinajstić information content (AvgIpc) is 2.52. The molecule has 2 aromatic carbocycles. The average molecular weight is 333 g/mol. The van der Waals surface area contributed by atoms with Gasteiger partial charge in [-0.2, -0.15) is 0 Å². The molecule has 0 spiro atoms. The SMILES string of the molecule is O=[N+]([O-])c1cc2c(NCc3cccc(F)c3)ncnc2cc1Cl. The van der Waals surface area contributed by atoms with E-state index < -0.39 is 4.92 Å². The number of benzene rings is 2. The van der Waals surface area contributed by atoms with Gasteiger partial charge in [0.2, 0.25) is 0 Å². The molecule has 3 rings (SSSR count). The summed E-state index contributed by atoms with van der Waals surface area (Å²) in [5.41, 5.74) is 0.986. The summed E-state index contributed by atoms with van der Waals surface area (Å²) in [5, 5.41) is 14.5. The Kier molecular flexibility index (Phi) is 4.03. The van der Waals surface area contributed by atoms with Crippen molar-refractivity contribution in [3.05, 3.63) is 69.2 Å². The van der Waals surface area contributed by atoms with Gasteiger partial charge in [0.25, 0.3) is 5.69 Å². The van der Waals surface area contributed by atoms with E-state index in [4.69, 9.17) is 11.6 Å². The first-order chi connectivity index (χ1) is 11.0. The molecule has 6 nitrogen and oxygen atoms in total. The molecule has 0 saturated carbocycles. The number of hydrogen-bond acceptors (Lipinski definition) is 5. The van der Waals surface area contributed by atoms with Crippen molar-refractivity contribution < 1.29 is 9.31 Å². The Labute approximate surface area is 135 Å². The van der Waals surface area contributed by atoms with Crippen LogP contribution >= 0.6 is 11.6 Å². The third-order valence-corrected chi connectivity index (χ3v) is 3.55. The van der Waals surface area contributed by atoms with Crippen molar-refractivity contribution in [2.45, 2.75) is 6.54 Å². The van der Waals surface area contributed by atoms with E-state index in [0.717, 1.165) is 5.56 Å². The molecule has 0 radical (unpaired) electrons. The molecule has 1 heterocycles. The third-order valence-electron chi connectivity index (χ3n) is 3.25. The van der Waals surface area contributed by atoms with Crippen LogP contribution in [0.4, 0.5) is 15.9 Å². The first kappa shape index (κ1) is 15.1. The third kappa shape index (κ3) is 3.19. The summed E-state index contributed by atoms with van der Waals surface area (Å²) in [7, 11) is 0. The summed E-state index contributed by atoms with van der Waals surface area (Å²) in [6, 6.07) is 8.87. The van der Waals surface area contributed by atoms with E-state index in [-0.39, 0.29) is 16.5 Å². The lowest BCUT2D eigenvalue weighted by atomic mass is 10.2. The first-order valence-electron chi connectivity index (χ1n) is 6.61. The van der Waals surface area contributed by atoms with Crippen LogP contribution in [0.3, 0.4) is 0 Å². The van der Waals surface area contributed by atoms with Gasteiger partial charge >= 0.3 is 0 Å². The first-order valence-corrected chi connectivity index (χ1v) is 6.99. The number of nitrogens with one attached hydrogen (secondary N) is 1. The highest BCUT2D eigenvalue weighted by Crippen LogP contribution is 2.31. The topological polar surface area (TPSA) is 81.0 Å². The Balaban J connectivity index is 1.97. The fraction of sp³-hybridized carbons (Fsp3) is 0.0667. The lowest BCUT2D eigenvalue weighted by molar-refractivity contribution is -0.384. The number of hydrogen-bond donors (Lipinski definition) is 1. The van der Waals surface area contributed by atoms with Crippen LogP contribution in [-0.2, 0) is 6.54 Å². The molecule has 0 atom stereocenters. The van der Waals surface area contributed by atoms with Gasteiger partial charge in [-0.3, -0.25) is 10.1 Å². The van der Waals surface area contributed by atoms with E-state index in [1.54, 1.807) is 12.1 Å². The minimum atomic E-state index is -0.564. The fourth-order valence-electron chi connectivity index (χ4n) is 2.18. The molecule has 0 amide bonds. The second-order valence-corrected chi connectivity index (χ2v) is 5.19. The van der Waals surface area contributed by atoms with Gasteiger partial charge in [-0.15, -0.1) is 0 Å². The molecular formula is C15H10ClFN4O2. The van der Waals surface area contributed by atoms with Crippen LogP contribution in [-0.4, -0.2) is 14.9 Å². The van der Waals surface area contributed by atoms with Crippen LogP contribution in [0, 0.1) is 15.9 Å². The molecule has 116 valence electrons. The summed E-state index contributed by atoms with van der Waals surface area (Å²) >= 11 is 5.88. The Bertz CT molecular complexity index is 904. The molecule has 0 saturated heterocycles. The van der Waals surface area contributed by atoms with Crippen molar-refractivity contribution in [2.75, 3.05) is 5.32 Å². The summed E-state index contributed by atoms with van der Waals surface area (Å²) in [4.78, 5) is 18.6. The highest BCUT2D eigenvalue weighted by atomic mass is 35.5. The molecule has 0 fully saturated rings. The van der Waals surface area contributed by atoms with Crippen LogP contribution in [0.15, 0.2) is 42.7 Å². The zero-order chi connectivity index (χ0) is 16.4. The maximum Gasteiger partial charge on any atom is 0.288 e. The summed E-state index contributed by atoms with van der Waals surface area (Å²) in [6.45, 7) is 0.320. The van der Waals surface area contributed by atoms with Gasteiger partial charge in [-0.1, -0.05) is 23.7 Å². The molecule has 0 unspecified atom stereocenters. The second kappa shape index (κ2) is 6.13. The minimum Gasteiger partial charge on any atom is -0.365 e. The van der Waals surface area contributed by atoms with E-state index in [1.165, 1.54) is 30.6 Å². The maximum atomic E-state index is 13.2. The molecule has 0 aliphatic heterocycles. The van der Waals surface area contributed by atoms with Gasteiger partial charge in [0.05, 0.1) is 10.4 Å². The summed E-state index contributed by atoms with van der Waals surface area (Å²) < 4.78 is 13.2. The number of rotatable bonds is 4. The highest BCUT2D eigenvalue weighted by Gasteiger charge is 2.16. The van der Waals surface area contributed by atoms with E-state index >= 15 is 0 Å². The highest BCUT2D eigenvalue weighted by molar-refractivity contribution is 6.33. The number of fused-ring (bicyclic) bond motifs is 1. The van der Waals surface area contributed by atoms with Crippen LogP contribution in [0.25, 0.3) is 10.9 Å². The van der Waals surface area contributed by atoms with Crippen LogP contribution in [0.1, 0.15) is 5.56 Å². The zero-order valence-electron chi connectivity index (χ0n) is 11.7. The number of nitro groups is 1. The Morgan fingerprint density at radius 2 is 2.09 bits per heavy atom. The standard InChI is InChI=1S/C15H10ClFN4O2/c16-12-6-13-11(5-14(12)21(22)23)15(20-8-19-13)18-7-9-2-1-3-10(17)4-9/h1-6,8H,7H2,(H,18,19,20). The molecular weight excluding hydrogens is 323 g/mol. The molecule has 23 heavy (non-hydrogen) atoms. The van der Waals surface area contributed by atoms with Gasteiger partial charge in [0, 0.05) is 18.0 Å². The second-order valence-electron chi connectivity index (χ2n) is 4.78. The zero-order valence-corrected chi connectivity index (χ0v) is 12.4. The largest absolute Gasteiger partial charge is 0.365 e. The number of anilines is 1. The monoisotopic (exact) mass is 332 g/mol. The van der Waals surface area contributed by atoms with Gasteiger partial charge in [0.15, 0.2) is 0 Å². The van der Waals surface area contributed by atoms with E-state index in [2.05, 4.69) is 15.3 Å². The Hall–Kier alpha value is -2.80. The Morgan fingerprint density at radius 3 is 2.83 bits per heavy atom. The molecule has 1 N–H and O–H groups in total. The molecule has 0 bridgehead atoms. The number of nitro benzene ring substituents is 1. The van der Waals surface area contributed by atoms with E-state index in [9.17, 15) is 14.5 Å². The lowest BCUT2D eigenvalue weighted by Crippen LogP contribution is -2.03. The molecule has 8 heteroatoms. The van der Waals surface area contributed by atoms with Gasteiger partial charge in [0.1, 0.15) is 23.0 Å². The van der Waals surface area contributed by atoms with Crippen LogP contribution in [0.2, 0.25) is 5.02 Å². The predicted octanol–water partition coefficient (Wildman–Crippen LogP) is 3.94. The van der Waals surface area contributed by atoms with Gasteiger partial charge < -0.3 is 5.32 Å². The number of nitrogens with zero attached hydrogens (tertiary/aromatic N) is 3. The smallest absolute Gasteiger partial charge is 0.288 e. The van der Waals surface area contributed by atoms with Crippen molar-refractivity contribution in [3.8, 4) is 0 Å². The number of aromatic nitrogens is 2. The molecule has 1 aromatic heterocycles. The van der Waals surface area contributed by atoms with Crippen molar-refractivity contribution >= 4 is 34.0 Å². The van der Waals surface area contributed by atoms with E-state index in [1.807, 2.05) is 0 Å². The van der Waals surface area contributed by atoms with Crippen molar-refractivity contribution in [2.24, 2.45) is 0 Å². The lowest BCUT2D eigenvalue weighted by Gasteiger charge is -2.09. The van der Waals surface area contributed by atoms with Crippen molar-refractivity contribution in [1.82, 2.24) is 9.97 Å².